The zero-order valence-corrected chi connectivity index (χ0v) is 14.0. The van der Waals surface area contributed by atoms with Gasteiger partial charge in [-0.15, -0.1) is 13.2 Å². The van der Waals surface area contributed by atoms with E-state index in [9.17, 15) is 22.8 Å². The Bertz CT molecular complexity index is 780. The van der Waals surface area contributed by atoms with E-state index in [0.29, 0.717) is 0 Å². The molecule has 0 aliphatic carbocycles. The van der Waals surface area contributed by atoms with Crippen LogP contribution >= 0.6 is 11.6 Å². The molecule has 2 aromatic rings. The monoisotopic (exact) mass is 388 g/mol. The maximum Gasteiger partial charge on any atom is 0.573 e. The van der Waals surface area contributed by atoms with Crippen molar-refractivity contribution in [3.63, 3.8) is 0 Å². The second-order valence-electron chi connectivity index (χ2n) is 4.98. The molecule has 0 saturated carbocycles. The summed E-state index contributed by atoms with van der Waals surface area (Å²) in [7, 11) is 0. The van der Waals surface area contributed by atoms with Crippen molar-refractivity contribution in [3.05, 3.63) is 53.3 Å². The molecule has 1 N–H and O–H groups in total. The van der Waals surface area contributed by atoms with Crippen LogP contribution in [0.4, 0.5) is 18.9 Å². The van der Waals surface area contributed by atoms with E-state index in [1.54, 1.807) is 0 Å². The Hall–Kier alpha value is -2.81. The summed E-state index contributed by atoms with van der Waals surface area (Å²) in [4.78, 5) is 27.6. The minimum atomic E-state index is -4.80. The molecule has 0 aliphatic rings. The highest BCUT2D eigenvalue weighted by Crippen LogP contribution is 2.24. The van der Waals surface area contributed by atoms with Crippen molar-refractivity contribution in [3.8, 4) is 5.75 Å². The van der Waals surface area contributed by atoms with Gasteiger partial charge in [0.25, 0.3) is 5.91 Å². The molecule has 0 radical (unpaired) electrons. The number of esters is 1. The van der Waals surface area contributed by atoms with E-state index >= 15 is 0 Å². The Labute approximate surface area is 150 Å². The summed E-state index contributed by atoms with van der Waals surface area (Å²) in [5, 5.41) is 2.61. The second kappa shape index (κ2) is 8.05. The van der Waals surface area contributed by atoms with Crippen LogP contribution in [-0.2, 0) is 9.53 Å². The predicted octanol–water partition coefficient (Wildman–Crippen LogP) is 3.82. The zero-order valence-electron chi connectivity index (χ0n) is 13.2. The van der Waals surface area contributed by atoms with E-state index in [0.717, 1.165) is 12.1 Å². The van der Waals surface area contributed by atoms with Crippen LogP contribution in [0, 0.1) is 0 Å². The van der Waals surface area contributed by atoms with E-state index < -0.39 is 30.1 Å². The summed E-state index contributed by atoms with van der Waals surface area (Å²) in [6, 6.07) is 7.31. The number of nitrogens with zero attached hydrogens (tertiary/aromatic N) is 1. The number of amides is 1. The van der Waals surface area contributed by atoms with Crippen LogP contribution in [0.25, 0.3) is 0 Å². The number of ether oxygens (including phenoxy) is 2. The number of halogens is 4. The third-order valence-electron chi connectivity index (χ3n) is 2.97. The van der Waals surface area contributed by atoms with E-state index in [1.807, 2.05) is 0 Å². The minimum absolute atomic E-state index is 0.114. The number of carbonyl (C=O) groups is 2. The topological polar surface area (TPSA) is 77.5 Å². The maximum absolute atomic E-state index is 12.1. The molecule has 138 valence electrons. The molecule has 26 heavy (non-hydrogen) atoms. The molecule has 1 heterocycles. The van der Waals surface area contributed by atoms with Gasteiger partial charge in [-0.25, -0.2) is 9.78 Å². The van der Waals surface area contributed by atoms with E-state index in [4.69, 9.17) is 16.3 Å². The van der Waals surface area contributed by atoms with Crippen LogP contribution < -0.4 is 10.1 Å². The lowest BCUT2D eigenvalue weighted by Crippen LogP contribution is -2.30. The fraction of sp³-hybridized carbons (Fsp3) is 0.188. The van der Waals surface area contributed by atoms with Crippen molar-refractivity contribution in [2.45, 2.75) is 19.4 Å². The number of anilines is 1. The first-order valence-corrected chi connectivity index (χ1v) is 7.51. The van der Waals surface area contributed by atoms with Crippen molar-refractivity contribution < 1.29 is 32.2 Å². The lowest BCUT2D eigenvalue weighted by molar-refractivity contribution is -0.274. The normalized spacial score (nSPS) is 12.2. The van der Waals surface area contributed by atoms with Crippen molar-refractivity contribution in [2.24, 2.45) is 0 Å². The molecule has 10 heteroatoms. The Morgan fingerprint density at radius 3 is 2.35 bits per heavy atom. The fourth-order valence-electron chi connectivity index (χ4n) is 1.76. The SMILES string of the molecule is CC(OC(=O)c1ccc(Cl)nc1)C(=O)Nc1ccc(OC(F)(F)F)cc1. The van der Waals surface area contributed by atoms with Crippen LogP contribution in [0.15, 0.2) is 42.6 Å². The van der Waals surface area contributed by atoms with Crippen LogP contribution in [0.5, 0.6) is 5.75 Å². The second-order valence-corrected chi connectivity index (χ2v) is 5.37. The molecule has 0 saturated heterocycles. The van der Waals surface area contributed by atoms with E-state index in [2.05, 4.69) is 15.0 Å². The zero-order chi connectivity index (χ0) is 19.3. The Morgan fingerprint density at radius 1 is 1.15 bits per heavy atom. The van der Waals surface area contributed by atoms with Gasteiger partial charge in [0.15, 0.2) is 6.10 Å². The molecule has 0 bridgehead atoms. The van der Waals surface area contributed by atoms with Gasteiger partial charge >= 0.3 is 12.3 Å². The predicted molar refractivity (Wildman–Crippen MR) is 85.9 cm³/mol. The van der Waals surface area contributed by atoms with Gasteiger partial charge in [-0.3, -0.25) is 4.79 Å². The Kier molecular flexibility index (Phi) is 6.04. The first-order valence-electron chi connectivity index (χ1n) is 7.13. The van der Waals surface area contributed by atoms with Gasteiger partial charge in [0, 0.05) is 11.9 Å². The highest BCUT2D eigenvalue weighted by molar-refractivity contribution is 6.29. The Morgan fingerprint density at radius 2 is 1.81 bits per heavy atom. The smallest absolute Gasteiger partial charge is 0.449 e. The molecule has 2 rings (SSSR count). The lowest BCUT2D eigenvalue weighted by atomic mass is 10.2. The number of benzene rings is 1. The lowest BCUT2D eigenvalue weighted by Gasteiger charge is -2.14. The molecule has 0 fully saturated rings. The highest BCUT2D eigenvalue weighted by atomic mass is 35.5. The van der Waals surface area contributed by atoms with E-state index in [-0.39, 0.29) is 16.4 Å². The van der Waals surface area contributed by atoms with Crippen molar-refractivity contribution in [2.75, 3.05) is 5.32 Å². The summed E-state index contributed by atoms with van der Waals surface area (Å²) < 4.78 is 45.0. The number of pyridine rings is 1. The molecule has 6 nitrogen and oxygen atoms in total. The summed E-state index contributed by atoms with van der Waals surface area (Å²) >= 11 is 5.61. The number of nitrogens with one attached hydrogen (secondary N) is 1. The Balaban J connectivity index is 1.92. The summed E-state index contributed by atoms with van der Waals surface area (Å²) in [6.07, 6.45) is -4.75. The van der Waals surface area contributed by atoms with Gasteiger partial charge in [-0.1, -0.05) is 11.6 Å². The molecule has 1 aromatic heterocycles. The number of alkyl halides is 3. The number of aromatic nitrogens is 1. The molecular weight excluding hydrogens is 377 g/mol. The third-order valence-corrected chi connectivity index (χ3v) is 3.20. The summed E-state index contributed by atoms with van der Waals surface area (Å²) in [5.41, 5.74) is 0.322. The van der Waals surface area contributed by atoms with Crippen LogP contribution in [0.2, 0.25) is 5.15 Å². The minimum Gasteiger partial charge on any atom is -0.449 e. The molecule has 1 unspecified atom stereocenters. The summed E-state index contributed by atoms with van der Waals surface area (Å²) in [6.45, 7) is 1.34. The first kappa shape index (κ1) is 19.5. The standard InChI is InChI=1S/C16H12ClF3N2O4/c1-9(25-15(24)10-2-7-13(17)21-8-10)14(23)22-11-3-5-12(6-4-11)26-16(18,19)20/h2-9H,1H3,(H,22,23). The van der Waals surface area contributed by atoms with Crippen molar-refractivity contribution in [1.29, 1.82) is 0 Å². The first-order chi connectivity index (χ1) is 12.1. The van der Waals surface area contributed by atoms with Crippen molar-refractivity contribution >= 4 is 29.2 Å². The number of rotatable bonds is 5. The number of hydrogen-bond donors (Lipinski definition) is 1. The maximum atomic E-state index is 12.1. The van der Waals surface area contributed by atoms with Crippen LogP contribution in [0.1, 0.15) is 17.3 Å². The average molecular weight is 389 g/mol. The van der Waals surface area contributed by atoms with Gasteiger partial charge in [0.1, 0.15) is 10.9 Å². The van der Waals surface area contributed by atoms with Gasteiger partial charge < -0.3 is 14.8 Å². The number of carbonyl (C=O) groups excluding carboxylic acids is 2. The van der Waals surface area contributed by atoms with Gasteiger partial charge in [-0.2, -0.15) is 0 Å². The molecular formula is C16H12ClF3N2O4. The third kappa shape index (κ3) is 5.92. The van der Waals surface area contributed by atoms with Gasteiger partial charge in [-0.05, 0) is 43.3 Å². The van der Waals surface area contributed by atoms with Gasteiger partial charge in [0.05, 0.1) is 5.56 Å². The van der Waals surface area contributed by atoms with Crippen LogP contribution in [-0.4, -0.2) is 29.3 Å². The molecule has 1 atom stereocenters. The average Bonchev–Trinajstić information content (AvgIpc) is 2.55. The largest absolute Gasteiger partial charge is 0.573 e. The number of hydrogen-bond acceptors (Lipinski definition) is 5. The fourth-order valence-corrected chi connectivity index (χ4v) is 1.87. The quantitative estimate of drug-likeness (QED) is 0.622. The molecule has 1 amide bonds. The molecule has 0 spiro atoms. The van der Waals surface area contributed by atoms with Crippen LogP contribution in [0.3, 0.4) is 0 Å². The van der Waals surface area contributed by atoms with Gasteiger partial charge in [0.2, 0.25) is 0 Å². The van der Waals surface area contributed by atoms with E-state index in [1.165, 1.54) is 37.4 Å². The highest BCUT2D eigenvalue weighted by Gasteiger charge is 2.31. The molecule has 1 aromatic carbocycles. The molecule has 0 aliphatic heterocycles. The van der Waals surface area contributed by atoms with Crippen molar-refractivity contribution in [1.82, 2.24) is 4.98 Å². The summed E-state index contributed by atoms with van der Waals surface area (Å²) in [5.74, 6) is -1.86.